The number of carbonyl (C=O) groups excluding carboxylic acids is 2. The standard InChI is InChI=1S/C27H25N3O2/c1-18(2)15-26(31)29-22-13-11-19(12-14-22)27(32)30-28-17-25-23-9-5-3-7-20(23)16-21-8-4-6-10-24(21)25/h3-14,16-18H,15H2,1-2H3,(H,29,31)(H,30,32). The van der Waals surface area contributed by atoms with Crippen molar-refractivity contribution in [1.82, 2.24) is 5.43 Å². The lowest BCUT2D eigenvalue weighted by Gasteiger charge is -2.08. The van der Waals surface area contributed by atoms with Gasteiger partial charge in [0.25, 0.3) is 5.91 Å². The van der Waals surface area contributed by atoms with Gasteiger partial charge in [-0.25, -0.2) is 5.43 Å². The second-order valence-corrected chi connectivity index (χ2v) is 8.16. The molecule has 4 aromatic rings. The summed E-state index contributed by atoms with van der Waals surface area (Å²) in [6.45, 7) is 3.99. The van der Waals surface area contributed by atoms with Crippen LogP contribution in [0.4, 0.5) is 5.69 Å². The molecule has 4 rings (SSSR count). The summed E-state index contributed by atoms with van der Waals surface area (Å²) >= 11 is 0. The fourth-order valence-electron chi connectivity index (χ4n) is 3.70. The summed E-state index contributed by atoms with van der Waals surface area (Å²) < 4.78 is 0. The number of hydrogen-bond donors (Lipinski definition) is 2. The summed E-state index contributed by atoms with van der Waals surface area (Å²) in [5, 5.41) is 11.5. The molecule has 5 heteroatoms. The monoisotopic (exact) mass is 423 g/mol. The van der Waals surface area contributed by atoms with Gasteiger partial charge in [0.05, 0.1) is 6.21 Å². The molecule has 5 nitrogen and oxygen atoms in total. The van der Waals surface area contributed by atoms with E-state index in [9.17, 15) is 9.59 Å². The van der Waals surface area contributed by atoms with Crippen LogP contribution in [0.3, 0.4) is 0 Å². The van der Waals surface area contributed by atoms with Crippen molar-refractivity contribution in [3.8, 4) is 0 Å². The van der Waals surface area contributed by atoms with Crippen LogP contribution in [0.2, 0.25) is 0 Å². The van der Waals surface area contributed by atoms with Crippen molar-refractivity contribution in [2.24, 2.45) is 11.0 Å². The van der Waals surface area contributed by atoms with E-state index in [1.165, 1.54) is 0 Å². The minimum Gasteiger partial charge on any atom is -0.326 e. The van der Waals surface area contributed by atoms with Crippen LogP contribution in [0.15, 0.2) is 84.0 Å². The molecule has 4 aromatic carbocycles. The van der Waals surface area contributed by atoms with Crippen molar-refractivity contribution in [3.05, 3.63) is 90.0 Å². The zero-order valence-corrected chi connectivity index (χ0v) is 18.1. The summed E-state index contributed by atoms with van der Waals surface area (Å²) in [6.07, 6.45) is 2.16. The Balaban J connectivity index is 1.50. The molecule has 2 amide bonds. The van der Waals surface area contributed by atoms with Crippen LogP contribution in [-0.2, 0) is 4.79 Å². The number of nitrogens with zero attached hydrogens (tertiary/aromatic N) is 1. The van der Waals surface area contributed by atoms with Crippen LogP contribution in [-0.4, -0.2) is 18.0 Å². The number of hydrogen-bond acceptors (Lipinski definition) is 3. The zero-order valence-electron chi connectivity index (χ0n) is 18.1. The molecule has 0 aromatic heterocycles. The number of amides is 2. The topological polar surface area (TPSA) is 70.6 Å². The van der Waals surface area contributed by atoms with E-state index >= 15 is 0 Å². The summed E-state index contributed by atoms with van der Waals surface area (Å²) in [6, 6.07) is 25.2. The molecule has 0 aliphatic carbocycles. The minimum absolute atomic E-state index is 0.0379. The maximum atomic E-state index is 12.5. The lowest BCUT2D eigenvalue weighted by Crippen LogP contribution is -2.18. The van der Waals surface area contributed by atoms with Crippen LogP contribution in [0.5, 0.6) is 0 Å². The number of nitrogens with one attached hydrogen (secondary N) is 2. The molecule has 0 saturated heterocycles. The maximum absolute atomic E-state index is 12.5. The predicted octanol–water partition coefficient (Wildman–Crippen LogP) is 5.74. The molecule has 0 spiro atoms. The van der Waals surface area contributed by atoms with Crippen molar-refractivity contribution < 1.29 is 9.59 Å². The van der Waals surface area contributed by atoms with Crippen molar-refractivity contribution in [3.63, 3.8) is 0 Å². The number of hydrazone groups is 1. The number of benzene rings is 4. The number of fused-ring (bicyclic) bond motifs is 2. The lowest BCUT2D eigenvalue weighted by molar-refractivity contribution is -0.116. The first-order valence-corrected chi connectivity index (χ1v) is 10.6. The zero-order chi connectivity index (χ0) is 22.5. The van der Waals surface area contributed by atoms with Crippen molar-refractivity contribution >= 4 is 45.3 Å². The molecule has 0 unspecified atom stereocenters. The van der Waals surface area contributed by atoms with Crippen LogP contribution in [0, 0.1) is 5.92 Å². The third-order valence-electron chi connectivity index (χ3n) is 5.20. The second kappa shape index (κ2) is 9.43. The summed E-state index contributed by atoms with van der Waals surface area (Å²) in [4.78, 5) is 24.4. The van der Waals surface area contributed by atoms with Crippen molar-refractivity contribution in [2.45, 2.75) is 20.3 Å². The van der Waals surface area contributed by atoms with Gasteiger partial charge in [0.1, 0.15) is 0 Å². The van der Waals surface area contributed by atoms with Gasteiger partial charge in [0.2, 0.25) is 5.91 Å². The molecule has 0 saturated carbocycles. The van der Waals surface area contributed by atoms with Crippen LogP contribution in [0.25, 0.3) is 21.5 Å². The van der Waals surface area contributed by atoms with Crippen molar-refractivity contribution in [1.29, 1.82) is 0 Å². The fourth-order valence-corrected chi connectivity index (χ4v) is 3.70. The van der Waals surface area contributed by atoms with Gasteiger partial charge in [0, 0.05) is 23.2 Å². The van der Waals surface area contributed by atoms with E-state index in [0.717, 1.165) is 27.1 Å². The molecule has 0 aliphatic rings. The highest BCUT2D eigenvalue weighted by Crippen LogP contribution is 2.27. The average Bonchev–Trinajstić information content (AvgIpc) is 2.78. The number of rotatable bonds is 6. The fraction of sp³-hybridized carbons (Fsp3) is 0.148. The van der Waals surface area contributed by atoms with Gasteiger partial charge in [0.15, 0.2) is 0 Å². The lowest BCUT2D eigenvalue weighted by atomic mass is 9.97. The summed E-state index contributed by atoms with van der Waals surface area (Å²) in [5.41, 5.74) is 4.70. The summed E-state index contributed by atoms with van der Waals surface area (Å²) in [5.74, 6) is -0.0632. The third-order valence-corrected chi connectivity index (χ3v) is 5.20. The highest BCUT2D eigenvalue weighted by atomic mass is 16.2. The van der Waals surface area contributed by atoms with Gasteiger partial charge >= 0.3 is 0 Å². The van der Waals surface area contributed by atoms with E-state index in [-0.39, 0.29) is 17.7 Å². The first kappa shape index (κ1) is 21.2. The smallest absolute Gasteiger partial charge is 0.271 e. The highest BCUT2D eigenvalue weighted by molar-refractivity contribution is 6.13. The van der Waals surface area contributed by atoms with E-state index in [4.69, 9.17) is 0 Å². The molecule has 2 N–H and O–H groups in total. The molecule has 0 aliphatic heterocycles. The van der Waals surface area contributed by atoms with Gasteiger partial charge in [-0.15, -0.1) is 0 Å². The number of carbonyl (C=O) groups is 2. The van der Waals surface area contributed by atoms with Crippen LogP contribution >= 0.6 is 0 Å². The Kier molecular flexibility index (Phi) is 6.26. The average molecular weight is 424 g/mol. The van der Waals surface area contributed by atoms with Crippen LogP contribution < -0.4 is 10.7 Å². The highest BCUT2D eigenvalue weighted by Gasteiger charge is 2.09. The van der Waals surface area contributed by atoms with Gasteiger partial charge in [-0.3, -0.25) is 9.59 Å². The summed E-state index contributed by atoms with van der Waals surface area (Å²) in [7, 11) is 0. The van der Waals surface area contributed by atoms with E-state index in [0.29, 0.717) is 17.7 Å². The Morgan fingerprint density at radius 3 is 2.06 bits per heavy atom. The van der Waals surface area contributed by atoms with E-state index in [2.05, 4.69) is 46.2 Å². The molecule has 160 valence electrons. The Morgan fingerprint density at radius 2 is 1.47 bits per heavy atom. The SMILES string of the molecule is CC(C)CC(=O)Nc1ccc(C(=O)NN=Cc2c3ccccc3cc3ccccc23)cc1. The largest absolute Gasteiger partial charge is 0.326 e. The molecular weight excluding hydrogens is 398 g/mol. The molecule has 32 heavy (non-hydrogen) atoms. The van der Waals surface area contributed by atoms with Gasteiger partial charge in [-0.05, 0) is 57.8 Å². The molecule has 0 radical (unpaired) electrons. The molecule has 0 atom stereocenters. The minimum atomic E-state index is -0.314. The van der Waals surface area contributed by atoms with Gasteiger partial charge < -0.3 is 5.32 Å². The van der Waals surface area contributed by atoms with Gasteiger partial charge in [-0.2, -0.15) is 5.10 Å². The Labute approximate surface area is 187 Å². The Hall–Kier alpha value is -3.99. The van der Waals surface area contributed by atoms with Gasteiger partial charge in [-0.1, -0.05) is 62.4 Å². The predicted molar refractivity (Wildman–Crippen MR) is 131 cm³/mol. The van der Waals surface area contributed by atoms with E-state index in [1.54, 1.807) is 30.5 Å². The Bertz CT molecular complexity index is 1250. The molecular formula is C27H25N3O2. The first-order chi connectivity index (χ1) is 15.5. The quantitative estimate of drug-likeness (QED) is 0.236. The first-order valence-electron chi connectivity index (χ1n) is 10.6. The van der Waals surface area contributed by atoms with Crippen LogP contribution in [0.1, 0.15) is 36.2 Å². The molecule has 0 bridgehead atoms. The van der Waals surface area contributed by atoms with E-state index < -0.39 is 0 Å². The third kappa shape index (κ3) is 4.83. The maximum Gasteiger partial charge on any atom is 0.271 e. The molecule has 0 heterocycles. The number of anilines is 1. The van der Waals surface area contributed by atoms with Crippen molar-refractivity contribution in [2.75, 3.05) is 5.32 Å². The molecule has 0 fully saturated rings. The van der Waals surface area contributed by atoms with E-state index in [1.807, 2.05) is 38.1 Å². The Morgan fingerprint density at radius 1 is 0.875 bits per heavy atom. The second-order valence-electron chi connectivity index (χ2n) is 8.16. The normalized spacial score (nSPS) is 11.3.